The van der Waals surface area contributed by atoms with E-state index in [9.17, 15) is 9.59 Å². The first-order valence-electron chi connectivity index (χ1n) is 6.45. The Kier molecular flexibility index (Phi) is 3.42. The smallest absolute Gasteiger partial charge is 0.327 e. The van der Waals surface area contributed by atoms with E-state index in [1.807, 2.05) is 30.3 Å². The number of carbonyl (C=O) groups excluding carboxylic acids is 2. The summed E-state index contributed by atoms with van der Waals surface area (Å²) in [4.78, 5) is 24.7. The number of cyclic esters (lactones) is 2. The standard InChI is InChI=1S/C16H18O4/c1-5-12(11-9-7-6-8-10-11)16(4)13(17)19-15(2,3)20-14(16)18/h5-10,12H,1H2,2-4H3. The Bertz CT molecular complexity index is 525. The summed E-state index contributed by atoms with van der Waals surface area (Å²) in [6.07, 6.45) is 1.58. The molecule has 1 fully saturated rings. The summed E-state index contributed by atoms with van der Waals surface area (Å²) in [5.74, 6) is -2.91. The average molecular weight is 274 g/mol. The van der Waals surface area contributed by atoms with Crippen molar-refractivity contribution in [1.29, 1.82) is 0 Å². The normalized spacial score (nSPS) is 21.6. The van der Waals surface area contributed by atoms with E-state index < -0.39 is 29.1 Å². The summed E-state index contributed by atoms with van der Waals surface area (Å²) in [5, 5.41) is 0. The van der Waals surface area contributed by atoms with Gasteiger partial charge in [0.05, 0.1) is 0 Å². The van der Waals surface area contributed by atoms with Crippen LogP contribution in [0.15, 0.2) is 43.0 Å². The highest BCUT2D eigenvalue weighted by Gasteiger charge is 2.56. The molecule has 106 valence electrons. The van der Waals surface area contributed by atoms with E-state index >= 15 is 0 Å². The van der Waals surface area contributed by atoms with Crippen LogP contribution in [0.4, 0.5) is 0 Å². The zero-order chi connectivity index (χ0) is 15.0. The van der Waals surface area contributed by atoms with E-state index in [1.165, 1.54) is 20.8 Å². The number of benzene rings is 1. The number of esters is 2. The first-order chi connectivity index (χ1) is 9.31. The molecule has 20 heavy (non-hydrogen) atoms. The minimum atomic E-state index is -1.42. The monoisotopic (exact) mass is 274 g/mol. The van der Waals surface area contributed by atoms with Crippen molar-refractivity contribution in [2.24, 2.45) is 5.41 Å². The molecular weight excluding hydrogens is 256 g/mol. The van der Waals surface area contributed by atoms with E-state index in [0.717, 1.165) is 5.56 Å². The molecule has 2 rings (SSSR count). The summed E-state index contributed by atoms with van der Waals surface area (Å²) in [5.41, 5.74) is -0.600. The second-order valence-electron chi connectivity index (χ2n) is 5.51. The van der Waals surface area contributed by atoms with Gasteiger partial charge in [0.25, 0.3) is 5.79 Å². The minimum absolute atomic E-state index is 0.500. The first kappa shape index (κ1) is 14.3. The molecule has 1 aliphatic rings. The van der Waals surface area contributed by atoms with Crippen molar-refractivity contribution in [3.05, 3.63) is 48.6 Å². The SMILES string of the molecule is C=CC(c1ccccc1)C1(C)C(=O)OC(C)(C)OC1=O. The zero-order valence-corrected chi connectivity index (χ0v) is 11.9. The van der Waals surface area contributed by atoms with E-state index in [0.29, 0.717) is 0 Å². The number of rotatable bonds is 3. The highest BCUT2D eigenvalue weighted by Crippen LogP contribution is 2.43. The lowest BCUT2D eigenvalue weighted by Crippen LogP contribution is -2.54. The summed E-state index contributed by atoms with van der Waals surface area (Å²) in [7, 11) is 0. The van der Waals surface area contributed by atoms with E-state index in [1.54, 1.807) is 6.08 Å². The highest BCUT2D eigenvalue weighted by atomic mass is 16.7. The number of allylic oxidation sites excluding steroid dienone is 1. The fourth-order valence-electron chi connectivity index (χ4n) is 2.38. The quantitative estimate of drug-likeness (QED) is 0.483. The Labute approximate surface area is 118 Å². The summed E-state index contributed by atoms with van der Waals surface area (Å²) in [6, 6.07) is 9.25. The van der Waals surface area contributed by atoms with Crippen molar-refractivity contribution in [3.63, 3.8) is 0 Å². The van der Waals surface area contributed by atoms with Gasteiger partial charge in [-0.25, -0.2) is 0 Å². The fourth-order valence-corrected chi connectivity index (χ4v) is 2.38. The zero-order valence-electron chi connectivity index (χ0n) is 11.9. The van der Waals surface area contributed by atoms with Crippen LogP contribution in [-0.2, 0) is 19.1 Å². The van der Waals surface area contributed by atoms with E-state index in [-0.39, 0.29) is 0 Å². The largest absolute Gasteiger partial charge is 0.422 e. The summed E-state index contributed by atoms with van der Waals surface area (Å²) < 4.78 is 10.5. The second kappa shape index (κ2) is 4.78. The number of carbonyl (C=O) groups is 2. The Morgan fingerprint density at radius 1 is 1.05 bits per heavy atom. The number of hydrogen-bond acceptors (Lipinski definition) is 4. The average Bonchev–Trinajstić information content (AvgIpc) is 2.37. The molecule has 1 saturated heterocycles. The molecule has 1 aromatic rings. The lowest BCUT2D eigenvalue weighted by atomic mass is 9.72. The predicted molar refractivity (Wildman–Crippen MR) is 73.8 cm³/mol. The summed E-state index contributed by atoms with van der Waals surface area (Å²) >= 11 is 0. The van der Waals surface area contributed by atoms with Gasteiger partial charge in [-0.1, -0.05) is 36.4 Å². The van der Waals surface area contributed by atoms with Crippen LogP contribution in [-0.4, -0.2) is 17.7 Å². The molecule has 1 aliphatic heterocycles. The van der Waals surface area contributed by atoms with Crippen molar-refractivity contribution in [1.82, 2.24) is 0 Å². The molecule has 1 heterocycles. The van der Waals surface area contributed by atoms with Crippen LogP contribution in [0.2, 0.25) is 0 Å². The molecule has 0 aromatic heterocycles. The topological polar surface area (TPSA) is 52.6 Å². The van der Waals surface area contributed by atoms with Crippen molar-refractivity contribution in [2.45, 2.75) is 32.5 Å². The Balaban J connectivity index is 2.45. The number of ether oxygens (including phenoxy) is 2. The van der Waals surface area contributed by atoms with Crippen LogP contribution in [0.3, 0.4) is 0 Å². The lowest BCUT2D eigenvalue weighted by Gasteiger charge is -2.41. The van der Waals surface area contributed by atoms with Crippen molar-refractivity contribution in [2.75, 3.05) is 0 Å². The maximum Gasteiger partial charge on any atom is 0.327 e. The Hall–Kier alpha value is -2.10. The molecule has 0 saturated carbocycles. The third-order valence-corrected chi connectivity index (χ3v) is 3.54. The molecule has 0 radical (unpaired) electrons. The molecule has 0 bridgehead atoms. The third-order valence-electron chi connectivity index (χ3n) is 3.54. The maximum atomic E-state index is 12.3. The van der Waals surface area contributed by atoms with Crippen LogP contribution >= 0.6 is 0 Å². The van der Waals surface area contributed by atoms with Crippen molar-refractivity contribution < 1.29 is 19.1 Å². The minimum Gasteiger partial charge on any atom is -0.422 e. The van der Waals surface area contributed by atoms with Crippen LogP contribution in [0.25, 0.3) is 0 Å². The van der Waals surface area contributed by atoms with Crippen LogP contribution in [0.1, 0.15) is 32.3 Å². The van der Waals surface area contributed by atoms with Gasteiger partial charge in [-0.05, 0) is 12.5 Å². The molecule has 0 spiro atoms. The van der Waals surface area contributed by atoms with Gasteiger partial charge < -0.3 is 9.47 Å². The molecule has 1 aromatic carbocycles. The van der Waals surface area contributed by atoms with Gasteiger partial charge in [0.2, 0.25) is 0 Å². The molecule has 0 N–H and O–H groups in total. The third kappa shape index (κ3) is 2.22. The number of hydrogen-bond donors (Lipinski definition) is 0. The first-order valence-corrected chi connectivity index (χ1v) is 6.45. The van der Waals surface area contributed by atoms with Crippen LogP contribution < -0.4 is 0 Å². The molecular formula is C16H18O4. The molecule has 0 aliphatic carbocycles. The van der Waals surface area contributed by atoms with Gasteiger partial charge in [0.15, 0.2) is 5.41 Å². The van der Waals surface area contributed by atoms with E-state index in [2.05, 4.69) is 6.58 Å². The second-order valence-corrected chi connectivity index (χ2v) is 5.51. The molecule has 0 amide bonds. The molecule has 1 unspecified atom stereocenters. The van der Waals surface area contributed by atoms with Crippen molar-refractivity contribution in [3.8, 4) is 0 Å². The Morgan fingerprint density at radius 3 is 2.00 bits per heavy atom. The van der Waals surface area contributed by atoms with Crippen LogP contribution in [0.5, 0.6) is 0 Å². The molecule has 4 nitrogen and oxygen atoms in total. The fraction of sp³-hybridized carbons (Fsp3) is 0.375. The van der Waals surface area contributed by atoms with E-state index in [4.69, 9.17) is 9.47 Å². The summed E-state index contributed by atoms with van der Waals surface area (Å²) in [6.45, 7) is 8.35. The lowest BCUT2D eigenvalue weighted by molar-refractivity contribution is -0.250. The van der Waals surface area contributed by atoms with Gasteiger partial charge >= 0.3 is 11.9 Å². The molecule has 4 heteroatoms. The van der Waals surface area contributed by atoms with Gasteiger partial charge in [-0.3, -0.25) is 9.59 Å². The Morgan fingerprint density at radius 2 is 1.55 bits per heavy atom. The maximum absolute atomic E-state index is 12.3. The van der Waals surface area contributed by atoms with Gasteiger partial charge in [0, 0.05) is 19.8 Å². The highest BCUT2D eigenvalue weighted by molar-refractivity contribution is 6.02. The van der Waals surface area contributed by atoms with Crippen molar-refractivity contribution >= 4 is 11.9 Å². The van der Waals surface area contributed by atoms with Gasteiger partial charge in [-0.15, -0.1) is 6.58 Å². The van der Waals surface area contributed by atoms with Crippen LogP contribution in [0, 0.1) is 5.41 Å². The molecule has 1 atom stereocenters. The van der Waals surface area contributed by atoms with Gasteiger partial charge in [0.1, 0.15) is 0 Å². The predicted octanol–water partition coefficient (Wildman–Crippen LogP) is 2.80. The van der Waals surface area contributed by atoms with Gasteiger partial charge in [-0.2, -0.15) is 0 Å².